The fourth-order valence-corrected chi connectivity index (χ4v) is 3.41. The number of ether oxygens (including phenoxy) is 1. The summed E-state index contributed by atoms with van der Waals surface area (Å²) >= 11 is 0. The molecule has 0 unspecified atom stereocenters. The molecule has 35 heavy (non-hydrogen) atoms. The van der Waals surface area contributed by atoms with Crippen molar-refractivity contribution in [1.82, 2.24) is 14.9 Å². The second-order valence-corrected chi connectivity index (χ2v) is 7.80. The number of amides is 1. The molecule has 0 fully saturated rings. The van der Waals surface area contributed by atoms with E-state index in [0.717, 1.165) is 17.7 Å². The van der Waals surface area contributed by atoms with Crippen LogP contribution in [0.1, 0.15) is 30.2 Å². The molecule has 10 heteroatoms. The van der Waals surface area contributed by atoms with E-state index in [-0.39, 0.29) is 42.7 Å². The Kier molecular flexibility index (Phi) is 8.06. The summed E-state index contributed by atoms with van der Waals surface area (Å²) in [6, 6.07) is 12.0. The minimum absolute atomic E-state index is 0.0177. The van der Waals surface area contributed by atoms with Gasteiger partial charge in [0.25, 0.3) is 11.5 Å². The molecule has 1 atom stereocenters. The number of fused-ring (bicyclic) bond motifs is 1. The average molecular weight is 487 g/mol. The Morgan fingerprint density at radius 3 is 2.57 bits per heavy atom. The van der Waals surface area contributed by atoms with Crippen LogP contribution in [-0.4, -0.2) is 34.1 Å². The van der Waals surface area contributed by atoms with E-state index in [2.05, 4.69) is 16.9 Å². The van der Waals surface area contributed by atoms with Gasteiger partial charge in [-0.3, -0.25) is 14.4 Å². The van der Waals surface area contributed by atoms with Crippen molar-refractivity contribution >= 4 is 22.9 Å². The summed E-state index contributed by atoms with van der Waals surface area (Å²) in [6.07, 6.45) is -4.61. The highest BCUT2D eigenvalue weighted by atomic mass is 19.4. The van der Waals surface area contributed by atoms with Gasteiger partial charge in [0.15, 0.2) is 6.10 Å². The van der Waals surface area contributed by atoms with Gasteiger partial charge in [0, 0.05) is 13.0 Å². The largest absolute Gasteiger partial charge is 0.453 e. The number of alkyl halides is 3. The lowest BCUT2D eigenvalue weighted by molar-refractivity contribution is -0.154. The molecule has 1 amide bonds. The molecule has 7 nitrogen and oxygen atoms in total. The molecule has 3 rings (SSSR count). The van der Waals surface area contributed by atoms with Crippen LogP contribution in [0.5, 0.6) is 0 Å². The van der Waals surface area contributed by atoms with Gasteiger partial charge in [-0.2, -0.15) is 13.2 Å². The first kappa shape index (κ1) is 25.7. The van der Waals surface area contributed by atoms with Gasteiger partial charge in [0.1, 0.15) is 5.69 Å². The van der Waals surface area contributed by atoms with E-state index in [1.165, 1.54) is 23.6 Å². The van der Waals surface area contributed by atoms with Crippen molar-refractivity contribution in [3.8, 4) is 0 Å². The van der Waals surface area contributed by atoms with Crippen LogP contribution in [0, 0.1) is 0 Å². The first-order chi connectivity index (χ1) is 16.6. The standard InChI is InChI=1S/C25H24F3N3O4/c1-3-13-29-23(33)16(2)35-22(32)12-10-19-24(34)31(15-17-7-5-4-6-8-17)21-11-9-18(25(26,27)28)14-20(21)30-19/h3-9,11,14,16H,1,10,12-13,15H2,2H3,(H,29,33)/t16-/m1/s1. The second-order valence-electron chi connectivity index (χ2n) is 7.80. The molecule has 1 aromatic heterocycles. The summed E-state index contributed by atoms with van der Waals surface area (Å²) in [6.45, 7) is 5.20. The number of halogens is 3. The number of carbonyl (C=O) groups is 2. The smallest absolute Gasteiger partial charge is 0.416 e. The van der Waals surface area contributed by atoms with Gasteiger partial charge in [-0.05, 0) is 30.7 Å². The summed E-state index contributed by atoms with van der Waals surface area (Å²) in [5.74, 6) is -1.25. The third kappa shape index (κ3) is 6.56. The Bertz CT molecular complexity index is 1290. The molecule has 0 bridgehead atoms. The van der Waals surface area contributed by atoms with Crippen LogP contribution in [0.15, 0.2) is 66.0 Å². The van der Waals surface area contributed by atoms with Crippen molar-refractivity contribution < 1.29 is 27.5 Å². The topological polar surface area (TPSA) is 90.3 Å². The molecule has 0 radical (unpaired) electrons. The van der Waals surface area contributed by atoms with Gasteiger partial charge in [-0.15, -0.1) is 6.58 Å². The Morgan fingerprint density at radius 2 is 1.91 bits per heavy atom. The fourth-order valence-electron chi connectivity index (χ4n) is 3.41. The first-order valence-corrected chi connectivity index (χ1v) is 10.8. The highest BCUT2D eigenvalue weighted by Crippen LogP contribution is 2.31. The zero-order valence-corrected chi connectivity index (χ0v) is 19.0. The van der Waals surface area contributed by atoms with Crippen molar-refractivity contribution in [2.45, 2.75) is 38.6 Å². The lowest BCUT2D eigenvalue weighted by atomic mass is 10.1. The van der Waals surface area contributed by atoms with Gasteiger partial charge >= 0.3 is 12.1 Å². The van der Waals surface area contributed by atoms with Crippen LogP contribution in [0.3, 0.4) is 0 Å². The Hall–Kier alpha value is -3.95. The van der Waals surface area contributed by atoms with Gasteiger partial charge in [0.05, 0.1) is 29.6 Å². The second kappa shape index (κ2) is 11.0. The number of aromatic nitrogens is 2. The van der Waals surface area contributed by atoms with Gasteiger partial charge in [-0.1, -0.05) is 36.4 Å². The summed E-state index contributed by atoms with van der Waals surface area (Å²) < 4.78 is 46.2. The first-order valence-electron chi connectivity index (χ1n) is 10.8. The molecule has 2 aromatic carbocycles. The Labute approximate surface area is 199 Å². The lowest BCUT2D eigenvalue weighted by Gasteiger charge is -2.15. The zero-order valence-electron chi connectivity index (χ0n) is 19.0. The number of carbonyl (C=O) groups excluding carboxylic acids is 2. The molecule has 0 spiro atoms. The number of esters is 1. The third-order valence-electron chi connectivity index (χ3n) is 5.19. The molecule has 184 valence electrons. The highest BCUT2D eigenvalue weighted by Gasteiger charge is 2.31. The summed E-state index contributed by atoms with van der Waals surface area (Å²) in [5, 5.41) is 2.50. The number of hydrogen-bond acceptors (Lipinski definition) is 5. The number of aryl methyl sites for hydroxylation is 1. The monoisotopic (exact) mass is 487 g/mol. The van der Waals surface area contributed by atoms with Crippen molar-refractivity contribution in [3.63, 3.8) is 0 Å². The van der Waals surface area contributed by atoms with Crippen molar-refractivity contribution in [2.24, 2.45) is 0 Å². The average Bonchev–Trinajstić information content (AvgIpc) is 2.82. The summed E-state index contributed by atoms with van der Waals surface area (Å²) in [4.78, 5) is 41.4. The number of nitrogens with zero attached hydrogens (tertiary/aromatic N) is 2. The normalized spacial score (nSPS) is 12.2. The van der Waals surface area contributed by atoms with E-state index in [4.69, 9.17) is 4.74 Å². The molecule has 1 N–H and O–H groups in total. The molecule has 1 heterocycles. The summed E-state index contributed by atoms with van der Waals surface area (Å²) in [5.41, 5.74) is -0.500. The van der Waals surface area contributed by atoms with Crippen molar-refractivity contribution in [3.05, 3.63) is 88.4 Å². The predicted octanol–water partition coefficient (Wildman–Crippen LogP) is 3.63. The number of rotatable bonds is 9. The predicted molar refractivity (Wildman–Crippen MR) is 124 cm³/mol. The van der Waals surface area contributed by atoms with E-state index in [1.807, 2.05) is 6.07 Å². The molecule has 0 aliphatic rings. The molecule has 0 saturated carbocycles. The lowest BCUT2D eigenvalue weighted by Crippen LogP contribution is -2.36. The molecular weight excluding hydrogens is 463 g/mol. The zero-order chi connectivity index (χ0) is 25.6. The minimum Gasteiger partial charge on any atom is -0.453 e. The van der Waals surface area contributed by atoms with E-state index in [9.17, 15) is 27.6 Å². The van der Waals surface area contributed by atoms with Crippen LogP contribution in [-0.2, 0) is 33.5 Å². The molecule has 0 aliphatic heterocycles. The van der Waals surface area contributed by atoms with Crippen LogP contribution in [0.25, 0.3) is 11.0 Å². The maximum Gasteiger partial charge on any atom is 0.416 e. The highest BCUT2D eigenvalue weighted by molar-refractivity contribution is 5.83. The Morgan fingerprint density at radius 1 is 1.20 bits per heavy atom. The van der Waals surface area contributed by atoms with E-state index in [1.54, 1.807) is 24.3 Å². The van der Waals surface area contributed by atoms with Crippen LogP contribution in [0.2, 0.25) is 0 Å². The van der Waals surface area contributed by atoms with E-state index in [0.29, 0.717) is 0 Å². The number of benzene rings is 2. The molecule has 0 saturated heterocycles. The van der Waals surface area contributed by atoms with Gasteiger partial charge < -0.3 is 14.6 Å². The van der Waals surface area contributed by atoms with Crippen molar-refractivity contribution in [1.29, 1.82) is 0 Å². The van der Waals surface area contributed by atoms with Gasteiger partial charge in [-0.25, -0.2) is 4.98 Å². The molecule has 3 aromatic rings. The SMILES string of the molecule is C=CCNC(=O)[C@@H](C)OC(=O)CCc1nc2cc(C(F)(F)F)ccc2n(Cc2ccccc2)c1=O. The third-order valence-corrected chi connectivity index (χ3v) is 5.19. The Balaban J connectivity index is 1.90. The van der Waals surface area contributed by atoms with Crippen molar-refractivity contribution in [2.75, 3.05) is 6.54 Å². The van der Waals surface area contributed by atoms with Crippen LogP contribution in [0.4, 0.5) is 13.2 Å². The molecule has 0 aliphatic carbocycles. The van der Waals surface area contributed by atoms with Gasteiger partial charge in [0.2, 0.25) is 0 Å². The van der Waals surface area contributed by atoms with E-state index < -0.39 is 35.3 Å². The number of nitrogens with one attached hydrogen (secondary N) is 1. The maximum atomic E-state index is 13.3. The van der Waals surface area contributed by atoms with E-state index >= 15 is 0 Å². The quantitative estimate of drug-likeness (QED) is 0.368. The minimum atomic E-state index is -4.58. The maximum absolute atomic E-state index is 13.3. The number of hydrogen-bond donors (Lipinski definition) is 1. The van der Waals surface area contributed by atoms with Crippen LogP contribution >= 0.6 is 0 Å². The fraction of sp³-hybridized carbons (Fsp3) is 0.280. The van der Waals surface area contributed by atoms with Crippen LogP contribution < -0.4 is 10.9 Å². The molecular formula is C25H24F3N3O4. The summed E-state index contributed by atoms with van der Waals surface area (Å²) in [7, 11) is 0.